The standard InChI is InChI=1S/C24H38N2O6/c1-23(2,3)31-21(28)25-13-12-20(27)17-9-7-11-19(15-17)30-16-18-10-8-14-26(18)22(29)32-24(4,5)6/h7,9,11,15,18,20,27H,8,10,12-14,16H2,1-6H3,(H,25,28)/t18?,20-/m1/s1. The van der Waals surface area contributed by atoms with Crippen molar-refractivity contribution in [1.29, 1.82) is 0 Å². The molecule has 32 heavy (non-hydrogen) atoms. The van der Waals surface area contributed by atoms with Gasteiger partial charge in [-0.3, -0.25) is 0 Å². The van der Waals surface area contributed by atoms with Crippen LogP contribution in [0.15, 0.2) is 24.3 Å². The molecule has 0 radical (unpaired) electrons. The largest absolute Gasteiger partial charge is 0.491 e. The van der Waals surface area contributed by atoms with Gasteiger partial charge < -0.3 is 29.5 Å². The molecule has 1 aromatic rings. The van der Waals surface area contributed by atoms with E-state index < -0.39 is 23.4 Å². The summed E-state index contributed by atoms with van der Waals surface area (Å²) in [5.74, 6) is 0.623. The molecule has 1 unspecified atom stereocenters. The monoisotopic (exact) mass is 450 g/mol. The number of benzene rings is 1. The summed E-state index contributed by atoms with van der Waals surface area (Å²) in [6.45, 7) is 12.3. The van der Waals surface area contributed by atoms with Crippen molar-refractivity contribution in [1.82, 2.24) is 10.2 Å². The van der Waals surface area contributed by atoms with E-state index in [0.717, 1.165) is 12.8 Å². The number of aliphatic hydroxyl groups is 1. The number of alkyl carbamates (subject to hydrolysis) is 1. The average molecular weight is 451 g/mol. The Morgan fingerprint density at radius 1 is 1.16 bits per heavy atom. The number of hydrogen-bond donors (Lipinski definition) is 2. The van der Waals surface area contributed by atoms with Crippen molar-refractivity contribution >= 4 is 12.2 Å². The Bertz CT molecular complexity index is 768. The van der Waals surface area contributed by atoms with E-state index in [0.29, 0.717) is 30.9 Å². The Hall–Kier alpha value is -2.48. The first kappa shape index (κ1) is 25.8. The van der Waals surface area contributed by atoms with Crippen LogP contribution in [0.3, 0.4) is 0 Å². The maximum atomic E-state index is 12.4. The number of carbonyl (C=O) groups is 2. The van der Waals surface area contributed by atoms with E-state index in [1.165, 1.54) is 0 Å². The SMILES string of the molecule is CC(C)(C)OC(=O)NCC[C@@H](O)c1cccc(OCC2CCCN2C(=O)OC(C)(C)C)c1. The third-order valence-electron chi connectivity index (χ3n) is 4.78. The Balaban J connectivity index is 1.84. The molecule has 1 fully saturated rings. The van der Waals surface area contributed by atoms with Gasteiger partial charge in [-0.15, -0.1) is 0 Å². The number of likely N-dealkylation sites (tertiary alicyclic amines) is 1. The van der Waals surface area contributed by atoms with E-state index in [-0.39, 0.29) is 18.7 Å². The van der Waals surface area contributed by atoms with Crippen molar-refractivity contribution in [2.45, 2.75) is 84.2 Å². The summed E-state index contributed by atoms with van der Waals surface area (Å²) in [5.41, 5.74) is -0.399. The smallest absolute Gasteiger partial charge is 0.410 e. The van der Waals surface area contributed by atoms with Crippen LogP contribution in [0.25, 0.3) is 0 Å². The van der Waals surface area contributed by atoms with Crippen molar-refractivity contribution in [3.8, 4) is 5.75 Å². The van der Waals surface area contributed by atoms with Gasteiger partial charge in [0.2, 0.25) is 0 Å². The Kier molecular flexibility index (Phi) is 8.78. The lowest BCUT2D eigenvalue weighted by molar-refractivity contribution is 0.0187. The zero-order valence-electron chi connectivity index (χ0n) is 20.1. The first-order valence-electron chi connectivity index (χ1n) is 11.2. The molecule has 0 aliphatic carbocycles. The molecule has 2 N–H and O–H groups in total. The molecular formula is C24H38N2O6. The Labute approximate surface area is 191 Å². The highest BCUT2D eigenvalue weighted by Crippen LogP contribution is 2.24. The molecule has 0 spiro atoms. The first-order chi connectivity index (χ1) is 14.8. The van der Waals surface area contributed by atoms with Gasteiger partial charge in [0.15, 0.2) is 0 Å². The van der Waals surface area contributed by atoms with E-state index in [2.05, 4.69) is 5.32 Å². The third kappa shape index (κ3) is 8.94. The zero-order valence-corrected chi connectivity index (χ0v) is 20.1. The number of amides is 2. The van der Waals surface area contributed by atoms with E-state index in [1.54, 1.807) is 31.7 Å². The molecule has 0 aromatic heterocycles. The maximum Gasteiger partial charge on any atom is 0.410 e. The highest BCUT2D eigenvalue weighted by atomic mass is 16.6. The Morgan fingerprint density at radius 3 is 2.50 bits per heavy atom. The quantitative estimate of drug-likeness (QED) is 0.639. The predicted octanol–water partition coefficient (Wildman–Crippen LogP) is 4.41. The lowest BCUT2D eigenvalue weighted by atomic mass is 10.1. The van der Waals surface area contributed by atoms with Gasteiger partial charge in [-0.25, -0.2) is 9.59 Å². The molecule has 2 rings (SSSR count). The normalized spacial score (nSPS) is 17.6. The number of nitrogens with one attached hydrogen (secondary N) is 1. The number of aliphatic hydroxyl groups excluding tert-OH is 1. The minimum Gasteiger partial charge on any atom is -0.491 e. The van der Waals surface area contributed by atoms with E-state index in [4.69, 9.17) is 14.2 Å². The third-order valence-corrected chi connectivity index (χ3v) is 4.78. The number of carbonyl (C=O) groups excluding carboxylic acids is 2. The van der Waals surface area contributed by atoms with Crippen molar-refractivity contribution in [3.05, 3.63) is 29.8 Å². The molecule has 1 saturated heterocycles. The van der Waals surface area contributed by atoms with Crippen LogP contribution in [-0.4, -0.2) is 59.1 Å². The molecule has 0 saturated carbocycles. The molecule has 180 valence electrons. The van der Waals surface area contributed by atoms with E-state index in [9.17, 15) is 14.7 Å². The van der Waals surface area contributed by atoms with Crippen LogP contribution in [-0.2, 0) is 9.47 Å². The average Bonchev–Trinajstić information content (AvgIpc) is 3.12. The fourth-order valence-electron chi connectivity index (χ4n) is 3.37. The fourth-order valence-corrected chi connectivity index (χ4v) is 3.37. The van der Waals surface area contributed by atoms with Crippen LogP contribution in [0, 0.1) is 0 Å². The number of hydrogen-bond acceptors (Lipinski definition) is 6. The molecule has 1 aliphatic heterocycles. The van der Waals surface area contributed by atoms with Crippen molar-refractivity contribution in [2.75, 3.05) is 19.7 Å². The lowest BCUT2D eigenvalue weighted by Crippen LogP contribution is -2.42. The molecule has 2 amide bonds. The van der Waals surface area contributed by atoms with Gasteiger partial charge in [0, 0.05) is 13.1 Å². The van der Waals surface area contributed by atoms with E-state index >= 15 is 0 Å². The summed E-state index contributed by atoms with van der Waals surface area (Å²) in [6.07, 6.45) is 0.545. The molecule has 8 heteroatoms. The summed E-state index contributed by atoms with van der Waals surface area (Å²) in [7, 11) is 0. The van der Waals surface area contributed by atoms with Crippen LogP contribution in [0.2, 0.25) is 0 Å². The minimum atomic E-state index is -0.752. The lowest BCUT2D eigenvalue weighted by Gasteiger charge is -2.28. The van der Waals surface area contributed by atoms with Crippen LogP contribution in [0.4, 0.5) is 9.59 Å². The summed E-state index contributed by atoms with van der Waals surface area (Å²) in [4.78, 5) is 25.9. The van der Waals surface area contributed by atoms with Crippen LogP contribution in [0.5, 0.6) is 5.75 Å². The zero-order chi connectivity index (χ0) is 23.9. The highest BCUT2D eigenvalue weighted by Gasteiger charge is 2.32. The van der Waals surface area contributed by atoms with Gasteiger partial charge >= 0.3 is 12.2 Å². The number of rotatable bonds is 7. The van der Waals surface area contributed by atoms with Gasteiger partial charge in [0.05, 0.1) is 12.1 Å². The predicted molar refractivity (Wildman–Crippen MR) is 122 cm³/mol. The molecule has 1 heterocycles. The minimum absolute atomic E-state index is 0.0449. The topological polar surface area (TPSA) is 97.3 Å². The summed E-state index contributed by atoms with van der Waals surface area (Å²) < 4.78 is 16.6. The second-order valence-corrected chi connectivity index (χ2v) is 10.1. The van der Waals surface area contributed by atoms with Crippen LogP contribution < -0.4 is 10.1 Å². The number of ether oxygens (including phenoxy) is 3. The molecule has 2 atom stereocenters. The van der Waals surface area contributed by atoms with E-state index in [1.807, 2.05) is 39.0 Å². The molecule has 8 nitrogen and oxygen atoms in total. The number of nitrogens with zero attached hydrogens (tertiary/aromatic N) is 1. The van der Waals surface area contributed by atoms with Crippen molar-refractivity contribution < 1.29 is 28.9 Å². The molecule has 1 aliphatic rings. The van der Waals surface area contributed by atoms with Gasteiger partial charge in [0.1, 0.15) is 23.6 Å². The van der Waals surface area contributed by atoms with Gasteiger partial charge in [-0.2, -0.15) is 0 Å². The van der Waals surface area contributed by atoms with Crippen LogP contribution >= 0.6 is 0 Å². The van der Waals surface area contributed by atoms with Gasteiger partial charge in [-0.05, 0) is 78.5 Å². The summed E-state index contributed by atoms with van der Waals surface area (Å²) >= 11 is 0. The van der Waals surface area contributed by atoms with Crippen molar-refractivity contribution in [3.63, 3.8) is 0 Å². The Morgan fingerprint density at radius 2 is 1.84 bits per heavy atom. The van der Waals surface area contributed by atoms with Gasteiger partial charge in [-0.1, -0.05) is 12.1 Å². The highest BCUT2D eigenvalue weighted by molar-refractivity contribution is 5.69. The van der Waals surface area contributed by atoms with Crippen molar-refractivity contribution in [2.24, 2.45) is 0 Å². The second-order valence-electron chi connectivity index (χ2n) is 10.1. The summed E-state index contributed by atoms with van der Waals surface area (Å²) in [6, 6.07) is 7.19. The molecule has 0 bridgehead atoms. The second kappa shape index (κ2) is 10.9. The van der Waals surface area contributed by atoms with Gasteiger partial charge in [0.25, 0.3) is 0 Å². The fraction of sp³-hybridized carbons (Fsp3) is 0.667. The van der Waals surface area contributed by atoms with Crippen LogP contribution in [0.1, 0.15) is 72.5 Å². The summed E-state index contributed by atoms with van der Waals surface area (Å²) in [5, 5.41) is 13.1. The maximum absolute atomic E-state index is 12.4. The molecule has 1 aromatic carbocycles. The first-order valence-corrected chi connectivity index (χ1v) is 11.2. The molecular weight excluding hydrogens is 412 g/mol.